The van der Waals surface area contributed by atoms with Crippen LogP contribution in [0.25, 0.3) is 0 Å². The summed E-state index contributed by atoms with van der Waals surface area (Å²) in [6, 6.07) is 0. The first kappa shape index (κ1) is 16.4. The van der Waals surface area contributed by atoms with E-state index in [-0.39, 0.29) is 0 Å². The highest BCUT2D eigenvalue weighted by molar-refractivity contribution is 9.09. The van der Waals surface area contributed by atoms with Gasteiger partial charge in [-0.1, -0.05) is 56.5 Å². The van der Waals surface area contributed by atoms with Crippen molar-refractivity contribution in [2.45, 2.75) is 53.4 Å². The molecule has 0 bridgehead atoms. The van der Waals surface area contributed by atoms with Crippen LogP contribution in [-0.2, 0) is 0 Å². The monoisotopic (exact) mass is 291 g/mol. The first-order valence-electron chi connectivity index (χ1n) is 6.96. The Morgan fingerprint density at radius 2 is 1.69 bits per heavy atom. The van der Waals surface area contributed by atoms with Gasteiger partial charge in [0.25, 0.3) is 0 Å². The van der Waals surface area contributed by atoms with Crippen LogP contribution in [-0.4, -0.2) is 29.9 Å². The zero-order valence-electron chi connectivity index (χ0n) is 11.6. The molecule has 98 valence electrons. The first-order chi connectivity index (χ1) is 7.67. The normalized spacial score (nSPS) is 13.7. The van der Waals surface area contributed by atoms with Crippen molar-refractivity contribution in [3.05, 3.63) is 0 Å². The first-order valence-corrected chi connectivity index (χ1v) is 8.08. The summed E-state index contributed by atoms with van der Waals surface area (Å²) in [7, 11) is 0. The van der Waals surface area contributed by atoms with E-state index in [4.69, 9.17) is 0 Å². The van der Waals surface area contributed by atoms with Crippen LogP contribution in [0, 0.1) is 11.8 Å². The second kappa shape index (κ2) is 10.6. The van der Waals surface area contributed by atoms with Crippen molar-refractivity contribution in [2.24, 2.45) is 11.8 Å². The van der Waals surface area contributed by atoms with Crippen LogP contribution in [0.2, 0.25) is 0 Å². The van der Waals surface area contributed by atoms with E-state index >= 15 is 0 Å². The molecule has 0 saturated carbocycles. The Labute approximate surface area is 111 Å². The molecular weight excluding hydrogens is 262 g/mol. The van der Waals surface area contributed by atoms with Gasteiger partial charge in [-0.3, -0.25) is 0 Å². The molecule has 0 N–H and O–H groups in total. The maximum absolute atomic E-state index is 3.52. The zero-order valence-corrected chi connectivity index (χ0v) is 13.2. The average molecular weight is 292 g/mol. The topological polar surface area (TPSA) is 3.24 Å². The molecule has 1 nitrogen and oxygen atoms in total. The van der Waals surface area contributed by atoms with Crippen LogP contribution in [0.5, 0.6) is 0 Å². The summed E-state index contributed by atoms with van der Waals surface area (Å²) < 4.78 is 0. The van der Waals surface area contributed by atoms with E-state index in [1.165, 1.54) is 45.3 Å². The number of hydrogen-bond acceptors (Lipinski definition) is 1. The third kappa shape index (κ3) is 7.67. The maximum Gasteiger partial charge on any atom is 0.00338 e. The molecule has 0 rings (SSSR count). The van der Waals surface area contributed by atoms with Gasteiger partial charge in [0.2, 0.25) is 0 Å². The van der Waals surface area contributed by atoms with E-state index in [2.05, 4.69) is 48.5 Å². The second-order valence-electron chi connectivity index (χ2n) is 4.95. The highest BCUT2D eigenvalue weighted by Crippen LogP contribution is 2.13. The Kier molecular flexibility index (Phi) is 10.9. The van der Waals surface area contributed by atoms with Crippen molar-refractivity contribution < 1.29 is 0 Å². The minimum absolute atomic E-state index is 0.857. The molecule has 0 aromatic heterocycles. The smallest absolute Gasteiger partial charge is 0.00338 e. The molecule has 0 aromatic rings. The summed E-state index contributed by atoms with van der Waals surface area (Å²) in [5.74, 6) is 1.75. The Morgan fingerprint density at radius 3 is 2.12 bits per heavy atom. The minimum atomic E-state index is 0.857. The number of halogens is 1. The van der Waals surface area contributed by atoms with Gasteiger partial charge in [0.1, 0.15) is 0 Å². The van der Waals surface area contributed by atoms with Gasteiger partial charge in [-0.25, -0.2) is 0 Å². The molecule has 0 aliphatic rings. The molecular formula is C14H30BrN. The lowest BCUT2D eigenvalue weighted by atomic mass is 10.0. The van der Waals surface area contributed by atoms with E-state index < -0.39 is 0 Å². The third-order valence-corrected chi connectivity index (χ3v) is 4.12. The molecule has 0 radical (unpaired) electrons. The van der Waals surface area contributed by atoms with Crippen molar-refractivity contribution in [2.75, 3.05) is 25.0 Å². The van der Waals surface area contributed by atoms with E-state index in [9.17, 15) is 0 Å². The molecule has 2 heteroatoms. The SMILES string of the molecule is CCC(CC)CN(CC)CCC(C)CCBr. The standard InChI is InChI=1S/C14H30BrN/c1-5-14(6-2)12-16(7-3)11-9-13(4)8-10-15/h13-14H,5-12H2,1-4H3. The van der Waals surface area contributed by atoms with Gasteiger partial charge in [0.15, 0.2) is 0 Å². The van der Waals surface area contributed by atoms with Crippen LogP contribution in [0.3, 0.4) is 0 Å². The Balaban J connectivity index is 3.81. The fourth-order valence-corrected chi connectivity index (χ4v) is 2.81. The van der Waals surface area contributed by atoms with Crippen LogP contribution in [0.15, 0.2) is 0 Å². The summed E-state index contributed by atoms with van der Waals surface area (Å²) in [6.45, 7) is 13.1. The van der Waals surface area contributed by atoms with Crippen LogP contribution in [0.1, 0.15) is 53.4 Å². The molecule has 0 spiro atoms. The van der Waals surface area contributed by atoms with E-state index in [1.54, 1.807) is 0 Å². The van der Waals surface area contributed by atoms with Gasteiger partial charge in [0.05, 0.1) is 0 Å². The van der Waals surface area contributed by atoms with Gasteiger partial charge in [0, 0.05) is 11.9 Å². The van der Waals surface area contributed by atoms with E-state index in [0.717, 1.165) is 17.2 Å². The van der Waals surface area contributed by atoms with E-state index in [1.807, 2.05) is 0 Å². The van der Waals surface area contributed by atoms with Crippen LogP contribution < -0.4 is 0 Å². The highest BCUT2D eigenvalue weighted by atomic mass is 79.9. The fraction of sp³-hybridized carbons (Fsp3) is 1.00. The summed E-state index contributed by atoms with van der Waals surface area (Å²) in [4.78, 5) is 2.63. The lowest BCUT2D eigenvalue weighted by Crippen LogP contribution is -2.31. The van der Waals surface area contributed by atoms with Crippen molar-refractivity contribution >= 4 is 15.9 Å². The van der Waals surface area contributed by atoms with Crippen molar-refractivity contribution in [3.63, 3.8) is 0 Å². The largest absolute Gasteiger partial charge is 0.303 e. The predicted molar refractivity (Wildman–Crippen MR) is 78.4 cm³/mol. The van der Waals surface area contributed by atoms with Gasteiger partial charge >= 0.3 is 0 Å². The molecule has 0 aromatic carbocycles. The molecule has 0 aliphatic carbocycles. The Hall–Kier alpha value is 0.440. The summed E-state index contributed by atoms with van der Waals surface area (Å²) in [5, 5.41) is 1.15. The lowest BCUT2D eigenvalue weighted by Gasteiger charge is -2.26. The van der Waals surface area contributed by atoms with Crippen LogP contribution >= 0.6 is 15.9 Å². The van der Waals surface area contributed by atoms with Crippen molar-refractivity contribution in [1.29, 1.82) is 0 Å². The molecule has 1 unspecified atom stereocenters. The number of hydrogen-bond donors (Lipinski definition) is 0. The minimum Gasteiger partial charge on any atom is -0.303 e. The highest BCUT2D eigenvalue weighted by Gasteiger charge is 2.11. The molecule has 0 heterocycles. The van der Waals surface area contributed by atoms with Crippen molar-refractivity contribution in [1.82, 2.24) is 4.90 Å². The summed E-state index contributed by atoms with van der Waals surface area (Å²) in [5.41, 5.74) is 0. The van der Waals surface area contributed by atoms with Crippen molar-refractivity contribution in [3.8, 4) is 0 Å². The molecule has 16 heavy (non-hydrogen) atoms. The molecule has 0 saturated heterocycles. The lowest BCUT2D eigenvalue weighted by molar-refractivity contribution is 0.220. The molecule has 1 atom stereocenters. The van der Waals surface area contributed by atoms with E-state index in [0.29, 0.717) is 0 Å². The third-order valence-electron chi connectivity index (χ3n) is 3.66. The Morgan fingerprint density at radius 1 is 1.06 bits per heavy atom. The molecule has 0 amide bonds. The number of alkyl halides is 1. The van der Waals surface area contributed by atoms with Gasteiger partial charge in [-0.15, -0.1) is 0 Å². The maximum atomic E-state index is 3.52. The van der Waals surface area contributed by atoms with Gasteiger partial charge in [-0.2, -0.15) is 0 Å². The summed E-state index contributed by atoms with van der Waals surface area (Å²) in [6.07, 6.45) is 5.30. The fourth-order valence-electron chi connectivity index (χ4n) is 2.02. The van der Waals surface area contributed by atoms with Crippen LogP contribution in [0.4, 0.5) is 0 Å². The second-order valence-corrected chi connectivity index (χ2v) is 5.74. The molecule has 0 aliphatic heterocycles. The molecule has 0 fully saturated rings. The quantitative estimate of drug-likeness (QED) is 0.534. The van der Waals surface area contributed by atoms with Gasteiger partial charge in [-0.05, 0) is 37.8 Å². The average Bonchev–Trinajstić information content (AvgIpc) is 2.30. The number of nitrogens with zero attached hydrogens (tertiary/aromatic N) is 1. The zero-order chi connectivity index (χ0) is 12.4. The Bertz CT molecular complexity index is 146. The van der Waals surface area contributed by atoms with Gasteiger partial charge < -0.3 is 4.90 Å². The number of rotatable bonds is 10. The predicted octanol–water partition coefficient (Wildman–Crippen LogP) is 4.56. The summed E-state index contributed by atoms with van der Waals surface area (Å²) >= 11 is 3.52.